The van der Waals surface area contributed by atoms with Gasteiger partial charge in [-0.3, -0.25) is 5.21 Å². The molecule has 0 bridgehead atoms. The van der Waals surface area contributed by atoms with Gasteiger partial charge < -0.3 is 25.7 Å². The van der Waals surface area contributed by atoms with Gasteiger partial charge >= 0.3 is 0 Å². The van der Waals surface area contributed by atoms with Crippen LogP contribution in [-0.2, 0) is 0 Å². The van der Waals surface area contributed by atoms with Gasteiger partial charge in [-0.05, 0) is 54.6 Å². The van der Waals surface area contributed by atoms with E-state index in [4.69, 9.17) is 9.47 Å². The molecular formula is C25H33FN2O5S. The molecular weight excluding hydrogens is 459 g/mol. The monoisotopic (exact) mass is 492 g/mol. The van der Waals surface area contributed by atoms with Crippen LogP contribution in [0.2, 0.25) is 0 Å². The van der Waals surface area contributed by atoms with Crippen molar-refractivity contribution in [3.63, 3.8) is 0 Å². The smallest absolute Gasteiger partial charge is 0.161 e. The summed E-state index contributed by atoms with van der Waals surface area (Å²) >= 11 is 1.63. The summed E-state index contributed by atoms with van der Waals surface area (Å²) in [5, 5.41) is 15.7. The van der Waals surface area contributed by atoms with Crippen molar-refractivity contribution < 1.29 is 30.0 Å². The molecule has 0 radical (unpaired) electrons. The van der Waals surface area contributed by atoms with Crippen molar-refractivity contribution in [2.45, 2.75) is 13.0 Å². The molecule has 0 amide bonds. The fourth-order valence-electron chi connectivity index (χ4n) is 3.60. The second-order valence-corrected chi connectivity index (χ2v) is 8.03. The van der Waals surface area contributed by atoms with Gasteiger partial charge in [-0.25, -0.2) is 9.45 Å². The Labute approximate surface area is 204 Å². The van der Waals surface area contributed by atoms with Crippen molar-refractivity contribution in [2.24, 2.45) is 0 Å². The molecule has 3 aromatic rings. The third-order valence-electron chi connectivity index (χ3n) is 5.19. The first kappa shape index (κ1) is 29.1. The zero-order valence-electron chi connectivity index (χ0n) is 19.8. The van der Waals surface area contributed by atoms with Gasteiger partial charge in [-0.1, -0.05) is 30.3 Å². The molecule has 0 spiro atoms. The van der Waals surface area contributed by atoms with Crippen LogP contribution in [0.3, 0.4) is 0 Å². The van der Waals surface area contributed by atoms with Crippen molar-refractivity contribution in [3.05, 3.63) is 72.0 Å². The minimum atomic E-state index is -0.332. The van der Waals surface area contributed by atoms with Crippen molar-refractivity contribution in [3.8, 4) is 22.6 Å². The van der Waals surface area contributed by atoms with Gasteiger partial charge in [0.05, 0.1) is 31.1 Å². The van der Waals surface area contributed by atoms with Crippen molar-refractivity contribution in [1.82, 2.24) is 0 Å². The van der Waals surface area contributed by atoms with E-state index in [0.29, 0.717) is 40.8 Å². The van der Waals surface area contributed by atoms with E-state index < -0.39 is 0 Å². The highest BCUT2D eigenvalue weighted by Crippen LogP contribution is 2.38. The fourth-order valence-corrected chi connectivity index (χ4v) is 4.25. The van der Waals surface area contributed by atoms with Gasteiger partial charge in [-0.15, -0.1) is 0 Å². The molecule has 0 fully saturated rings. The van der Waals surface area contributed by atoms with E-state index in [0.717, 1.165) is 11.1 Å². The summed E-state index contributed by atoms with van der Waals surface area (Å²) in [6, 6.07) is 17.4. The molecule has 1 atom stereocenters. The van der Waals surface area contributed by atoms with Gasteiger partial charge in [0.15, 0.2) is 11.5 Å². The number of ether oxygens (including phenoxy) is 2. The normalized spacial score (nSPS) is 11.0. The molecule has 0 aliphatic rings. The van der Waals surface area contributed by atoms with Crippen LogP contribution in [0.15, 0.2) is 60.7 Å². The van der Waals surface area contributed by atoms with Crippen LogP contribution in [0, 0.1) is 5.82 Å². The Kier molecular flexibility index (Phi) is 11.7. The van der Waals surface area contributed by atoms with Crippen LogP contribution in [0.5, 0.6) is 11.5 Å². The van der Waals surface area contributed by atoms with Gasteiger partial charge in [0.1, 0.15) is 5.82 Å². The van der Waals surface area contributed by atoms with E-state index in [-0.39, 0.29) is 22.8 Å². The second kappa shape index (κ2) is 13.7. The predicted molar refractivity (Wildman–Crippen MR) is 138 cm³/mol. The Morgan fingerprint density at radius 1 is 1.06 bits per heavy atom. The van der Waals surface area contributed by atoms with Crippen molar-refractivity contribution >= 4 is 23.1 Å². The summed E-state index contributed by atoms with van der Waals surface area (Å²) in [7, 11) is 3.38. The predicted octanol–water partition coefficient (Wildman–Crippen LogP) is 4.59. The third-order valence-corrected chi connectivity index (χ3v) is 5.84. The number of hydroxylamine groups is 1. The molecule has 34 heavy (non-hydrogen) atoms. The van der Waals surface area contributed by atoms with Crippen LogP contribution in [0.4, 0.5) is 15.8 Å². The Hall–Kier alpha value is -2.98. The number of methoxy groups -OCH3 is 1. The van der Waals surface area contributed by atoms with E-state index in [2.05, 4.69) is 5.32 Å². The molecule has 0 aliphatic heterocycles. The molecule has 186 valence electrons. The zero-order chi connectivity index (χ0) is 23.1. The van der Waals surface area contributed by atoms with Crippen LogP contribution < -0.4 is 19.9 Å². The minimum absolute atomic E-state index is 0. The molecule has 3 aromatic carbocycles. The van der Waals surface area contributed by atoms with Crippen LogP contribution in [0.25, 0.3) is 11.1 Å². The Morgan fingerprint density at radius 2 is 1.79 bits per heavy atom. The summed E-state index contributed by atoms with van der Waals surface area (Å²) < 4.78 is 25.4. The first-order valence-corrected chi connectivity index (χ1v) is 11.8. The number of halogens is 1. The fraction of sp³-hybridized carbons (Fsp3) is 0.280. The van der Waals surface area contributed by atoms with Gasteiger partial charge in [0.25, 0.3) is 0 Å². The number of rotatable bonds is 10. The van der Waals surface area contributed by atoms with Gasteiger partial charge in [0.2, 0.25) is 0 Å². The summed E-state index contributed by atoms with van der Waals surface area (Å²) in [6.07, 6.45) is 1.99. The molecule has 0 unspecified atom stereocenters. The molecule has 0 heterocycles. The summed E-state index contributed by atoms with van der Waals surface area (Å²) in [5.41, 5.74) is 3.43. The number of anilines is 2. The molecule has 0 aliphatic carbocycles. The number of benzene rings is 3. The maximum Gasteiger partial charge on any atom is 0.161 e. The molecule has 0 aromatic heterocycles. The molecule has 0 saturated heterocycles. The summed E-state index contributed by atoms with van der Waals surface area (Å²) in [6.45, 7) is 2.43. The zero-order valence-corrected chi connectivity index (χ0v) is 20.6. The quantitative estimate of drug-likeness (QED) is 0.400. The number of thioether (sulfide) groups is 1. The van der Waals surface area contributed by atoms with E-state index >= 15 is 0 Å². The minimum Gasteiger partial charge on any atom is -0.493 e. The van der Waals surface area contributed by atoms with E-state index in [1.54, 1.807) is 50.2 Å². The number of hydrogen-bond acceptors (Lipinski definition) is 6. The maximum absolute atomic E-state index is 14.3. The van der Waals surface area contributed by atoms with E-state index in [1.165, 1.54) is 11.1 Å². The highest BCUT2D eigenvalue weighted by molar-refractivity contribution is 7.98. The molecule has 0 saturated carbocycles. The molecule has 9 heteroatoms. The summed E-state index contributed by atoms with van der Waals surface area (Å²) in [4.78, 5) is 0. The number of hydrogen-bond donors (Lipinski definition) is 2. The Balaban J connectivity index is 0.00000289. The summed E-state index contributed by atoms with van der Waals surface area (Å²) in [5.74, 6) is 1.64. The second-order valence-electron chi connectivity index (χ2n) is 7.12. The van der Waals surface area contributed by atoms with Crippen LogP contribution in [0.1, 0.15) is 18.5 Å². The van der Waals surface area contributed by atoms with Crippen molar-refractivity contribution in [2.75, 3.05) is 43.2 Å². The lowest BCUT2D eigenvalue weighted by Crippen LogP contribution is -2.27. The lowest BCUT2D eigenvalue weighted by Gasteiger charge is -2.30. The molecule has 6 N–H and O–H groups in total. The average Bonchev–Trinajstić information content (AvgIpc) is 2.82. The maximum atomic E-state index is 14.3. The van der Waals surface area contributed by atoms with E-state index in [1.807, 2.05) is 43.5 Å². The lowest BCUT2D eigenvalue weighted by molar-refractivity contribution is 0.225. The molecule has 7 nitrogen and oxygen atoms in total. The standard InChI is InChI=1S/C25H29FN2O3S.2H2O/c1-5-31-25-15-18(11-13-24(25)30-3)23(16-32-4)28(29)22-12-10-17(14-21(22)27-2)19-8-6-7-9-20(19)26;;/h6-15,23,27,29H,5,16H2,1-4H3;2*1H2/t23-;;/m0../s1. The van der Waals surface area contributed by atoms with E-state index in [9.17, 15) is 9.60 Å². The first-order chi connectivity index (χ1) is 15.5. The highest BCUT2D eigenvalue weighted by atomic mass is 32.2. The number of nitrogens with one attached hydrogen (secondary N) is 1. The topological polar surface area (TPSA) is 117 Å². The van der Waals surface area contributed by atoms with Gasteiger partial charge in [-0.2, -0.15) is 11.8 Å². The van der Waals surface area contributed by atoms with Crippen molar-refractivity contribution in [1.29, 1.82) is 0 Å². The first-order valence-electron chi connectivity index (χ1n) is 10.4. The Morgan fingerprint density at radius 3 is 2.41 bits per heavy atom. The number of nitrogens with zero attached hydrogens (tertiary/aromatic N) is 1. The molecule has 3 rings (SSSR count). The SMILES string of the molecule is CCOc1cc([C@H](CSC)N(O)c2ccc(-c3ccccc3F)cc2NC)ccc1OC.O.O. The average molecular weight is 493 g/mol. The Bertz CT molecular complexity index is 1050. The lowest BCUT2D eigenvalue weighted by atomic mass is 10.0. The largest absolute Gasteiger partial charge is 0.493 e. The van der Waals surface area contributed by atoms with Gasteiger partial charge in [0, 0.05) is 18.4 Å². The van der Waals surface area contributed by atoms with Crippen LogP contribution >= 0.6 is 11.8 Å². The third kappa shape index (κ3) is 6.32. The highest BCUT2D eigenvalue weighted by Gasteiger charge is 2.23. The van der Waals surface area contributed by atoms with Crippen LogP contribution in [-0.4, -0.2) is 48.9 Å².